The Morgan fingerprint density at radius 1 is 1.27 bits per heavy atom. The first-order valence-electron chi connectivity index (χ1n) is 8.07. The first kappa shape index (κ1) is 15.2. The fourth-order valence-corrected chi connectivity index (χ4v) is 3.28. The summed E-state index contributed by atoms with van der Waals surface area (Å²) in [6.07, 6.45) is 5.46. The predicted molar refractivity (Wildman–Crippen MR) is 85.7 cm³/mol. The summed E-state index contributed by atoms with van der Waals surface area (Å²) in [7, 11) is 0. The molecule has 1 aliphatic rings. The van der Waals surface area contributed by atoms with E-state index in [4.69, 9.17) is 0 Å². The molecule has 2 aromatic rings. The summed E-state index contributed by atoms with van der Waals surface area (Å²) in [6.45, 7) is 3.89. The van der Waals surface area contributed by atoms with E-state index in [1.807, 2.05) is 35.0 Å². The molecule has 0 amide bonds. The summed E-state index contributed by atoms with van der Waals surface area (Å²) in [5, 5.41) is 13.9. The highest BCUT2D eigenvalue weighted by atomic mass is 16.3. The Kier molecular flexibility index (Phi) is 4.85. The molecule has 1 aliphatic carbocycles. The van der Waals surface area contributed by atoms with Gasteiger partial charge in [-0.3, -0.25) is 4.90 Å². The molecule has 1 saturated carbocycles. The number of aliphatic hydroxyl groups is 1. The van der Waals surface area contributed by atoms with Crippen LogP contribution in [0.15, 0.2) is 36.7 Å². The van der Waals surface area contributed by atoms with Gasteiger partial charge in [0.05, 0.1) is 18.8 Å². The molecule has 1 fully saturated rings. The Hall–Kier alpha value is -1.72. The van der Waals surface area contributed by atoms with Gasteiger partial charge in [-0.1, -0.05) is 25.1 Å². The van der Waals surface area contributed by atoms with Gasteiger partial charge in [-0.25, -0.2) is 9.67 Å². The minimum absolute atomic E-state index is 0.185. The highest BCUT2D eigenvalue weighted by Crippen LogP contribution is 2.29. The quantitative estimate of drug-likeness (QED) is 0.889. The van der Waals surface area contributed by atoms with E-state index in [-0.39, 0.29) is 6.61 Å². The molecule has 0 radical (unpaired) electrons. The zero-order chi connectivity index (χ0) is 15.4. The van der Waals surface area contributed by atoms with Gasteiger partial charge in [-0.15, -0.1) is 5.10 Å². The zero-order valence-electron chi connectivity index (χ0n) is 13.1. The smallest absolute Gasteiger partial charge is 0.165 e. The van der Waals surface area contributed by atoms with Crippen LogP contribution in [0.25, 0.3) is 5.69 Å². The maximum Gasteiger partial charge on any atom is 0.165 e. The van der Waals surface area contributed by atoms with Crippen molar-refractivity contribution in [3.05, 3.63) is 42.5 Å². The van der Waals surface area contributed by atoms with E-state index in [1.165, 1.54) is 19.3 Å². The topological polar surface area (TPSA) is 54.2 Å². The second kappa shape index (κ2) is 7.03. The van der Waals surface area contributed by atoms with Crippen molar-refractivity contribution in [2.45, 2.75) is 38.8 Å². The molecule has 118 valence electrons. The van der Waals surface area contributed by atoms with Crippen LogP contribution >= 0.6 is 0 Å². The third kappa shape index (κ3) is 3.54. The van der Waals surface area contributed by atoms with E-state index in [0.717, 1.165) is 17.4 Å². The van der Waals surface area contributed by atoms with Gasteiger partial charge in [0.25, 0.3) is 0 Å². The molecule has 0 spiro atoms. The lowest BCUT2D eigenvalue weighted by Crippen LogP contribution is -2.35. The van der Waals surface area contributed by atoms with Crippen LogP contribution in [0.3, 0.4) is 0 Å². The van der Waals surface area contributed by atoms with E-state index in [1.54, 1.807) is 6.33 Å². The van der Waals surface area contributed by atoms with Gasteiger partial charge in [0.15, 0.2) is 5.82 Å². The number of aliphatic hydroxyl groups excluding tert-OH is 1. The number of para-hydroxylation sites is 1. The van der Waals surface area contributed by atoms with Crippen LogP contribution in [0.2, 0.25) is 0 Å². The Labute approximate surface area is 131 Å². The van der Waals surface area contributed by atoms with Crippen LogP contribution in [0.4, 0.5) is 0 Å². The van der Waals surface area contributed by atoms with Gasteiger partial charge in [-0.2, -0.15) is 0 Å². The minimum Gasteiger partial charge on any atom is -0.395 e. The second-order valence-corrected chi connectivity index (χ2v) is 6.21. The van der Waals surface area contributed by atoms with E-state index < -0.39 is 0 Å². The van der Waals surface area contributed by atoms with Crippen LogP contribution in [-0.4, -0.2) is 44.0 Å². The summed E-state index contributed by atoms with van der Waals surface area (Å²) < 4.78 is 1.81. The lowest BCUT2D eigenvalue weighted by molar-refractivity contribution is 0.140. The maximum atomic E-state index is 9.34. The molecule has 0 aliphatic heterocycles. The van der Waals surface area contributed by atoms with Crippen molar-refractivity contribution in [2.24, 2.45) is 5.92 Å². The van der Waals surface area contributed by atoms with E-state index in [9.17, 15) is 5.11 Å². The second-order valence-electron chi connectivity index (χ2n) is 6.21. The molecule has 0 saturated heterocycles. The molecule has 3 rings (SSSR count). The number of nitrogens with zero attached hydrogens (tertiary/aromatic N) is 4. The van der Waals surface area contributed by atoms with Crippen LogP contribution in [0.1, 0.15) is 32.0 Å². The van der Waals surface area contributed by atoms with Crippen molar-refractivity contribution in [1.29, 1.82) is 0 Å². The van der Waals surface area contributed by atoms with Crippen molar-refractivity contribution < 1.29 is 5.11 Å². The van der Waals surface area contributed by atoms with Crippen molar-refractivity contribution in [2.75, 3.05) is 13.2 Å². The molecule has 1 aromatic carbocycles. The number of rotatable bonds is 6. The average molecular weight is 300 g/mol. The van der Waals surface area contributed by atoms with Crippen molar-refractivity contribution in [1.82, 2.24) is 19.7 Å². The summed E-state index contributed by atoms with van der Waals surface area (Å²) in [6, 6.07) is 10.6. The Morgan fingerprint density at radius 3 is 2.77 bits per heavy atom. The van der Waals surface area contributed by atoms with Gasteiger partial charge in [0.1, 0.15) is 6.33 Å². The average Bonchev–Trinajstić information content (AvgIpc) is 3.17. The van der Waals surface area contributed by atoms with Crippen LogP contribution in [0.5, 0.6) is 0 Å². The van der Waals surface area contributed by atoms with Gasteiger partial charge in [-0.05, 0) is 37.3 Å². The fourth-order valence-electron chi connectivity index (χ4n) is 3.28. The molecule has 0 unspecified atom stereocenters. The van der Waals surface area contributed by atoms with Crippen LogP contribution in [-0.2, 0) is 6.54 Å². The molecule has 1 N–H and O–H groups in total. The number of aromatic nitrogens is 3. The van der Waals surface area contributed by atoms with E-state index in [0.29, 0.717) is 19.1 Å². The molecular weight excluding hydrogens is 276 g/mol. The largest absolute Gasteiger partial charge is 0.395 e. The fraction of sp³-hybridized carbons (Fsp3) is 0.529. The number of hydrogen-bond donors (Lipinski definition) is 1. The summed E-state index contributed by atoms with van der Waals surface area (Å²) in [5.41, 5.74) is 1.02. The zero-order valence-corrected chi connectivity index (χ0v) is 13.1. The SMILES string of the molecule is C[C@@H]1CC[C@@H](N(CCO)Cc2ncn(-c3ccccc3)n2)C1. The Morgan fingerprint density at radius 2 is 2.09 bits per heavy atom. The maximum absolute atomic E-state index is 9.34. The number of hydrogen-bond acceptors (Lipinski definition) is 4. The van der Waals surface area contributed by atoms with Crippen molar-refractivity contribution in [3.63, 3.8) is 0 Å². The van der Waals surface area contributed by atoms with Gasteiger partial charge in [0, 0.05) is 12.6 Å². The molecule has 5 nitrogen and oxygen atoms in total. The highest BCUT2D eigenvalue weighted by molar-refractivity contribution is 5.29. The molecular formula is C17H24N4O. The molecule has 5 heteroatoms. The molecule has 22 heavy (non-hydrogen) atoms. The monoisotopic (exact) mass is 300 g/mol. The lowest BCUT2D eigenvalue weighted by Gasteiger charge is -2.27. The van der Waals surface area contributed by atoms with Gasteiger partial charge >= 0.3 is 0 Å². The number of benzene rings is 1. The lowest BCUT2D eigenvalue weighted by atomic mass is 10.1. The summed E-state index contributed by atoms with van der Waals surface area (Å²) >= 11 is 0. The predicted octanol–water partition coefficient (Wildman–Crippen LogP) is 2.25. The van der Waals surface area contributed by atoms with Gasteiger partial charge in [0.2, 0.25) is 0 Å². The third-order valence-electron chi connectivity index (χ3n) is 4.48. The highest BCUT2D eigenvalue weighted by Gasteiger charge is 2.27. The molecule has 1 aromatic heterocycles. The standard InChI is InChI=1S/C17H24N4O/c1-14-7-8-16(11-14)20(9-10-22)12-17-18-13-21(19-17)15-5-3-2-4-6-15/h2-6,13-14,16,22H,7-12H2,1H3/t14-,16-/m1/s1. The van der Waals surface area contributed by atoms with Crippen molar-refractivity contribution >= 4 is 0 Å². The normalized spacial score (nSPS) is 21.6. The van der Waals surface area contributed by atoms with Crippen molar-refractivity contribution in [3.8, 4) is 5.69 Å². The third-order valence-corrected chi connectivity index (χ3v) is 4.48. The summed E-state index contributed by atoms with van der Waals surface area (Å²) in [5.74, 6) is 1.60. The first-order valence-corrected chi connectivity index (χ1v) is 8.07. The van der Waals surface area contributed by atoms with E-state index in [2.05, 4.69) is 21.9 Å². The van der Waals surface area contributed by atoms with Crippen LogP contribution < -0.4 is 0 Å². The molecule has 2 atom stereocenters. The molecule has 1 heterocycles. The van der Waals surface area contributed by atoms with E-state index >= 15 is 0 Å². The molecule has 0 bridgehead atoms. The summed E-state index contributed by atoms with van der Waals surface area (Å²) in [4.78, 5) is 6.76. The minimum atomic E-state index is 0.185. The Balaban J connectivity index is 1.69. The van der Waals surface area contributed by atoms with Gasteiger partial charge < -0.3 is 5.11 Å². The first-order chi connectivity index (χ1) is 10.8. The Bertz CT molecular complexity index is 583. The van der Waals surface area contributed by atoms with Crippen LogP contribution in [0, 0.1) is 5.92 Å².